The minimum absolute atomic E-state index is 0.286. The smallest absolute Gasteiger partial charge is 0.410 e. The number of aryl methyl sites for hydroxylation is 1. The van der Waals surface area contributed by atoms with Crippen LogP contribution in [-0.2, 0) is 6.54 Å². The number of amides is 2. The number of likely N-dealkylation sites (N-methyl/N-ethyl adjacent to an activating group) is 1. The Bertz CT molecular complexity index is 1470. The van der Waals surface area contributed by atoms with Gasteiger partial charge in [-0.3, -0.25) is 9.78 Å². The number of unbranched alkanes of at least 4 members (excludes halogenated alkanes) is 1. The maximum Gasteiger partial charge on any atom is 0.412 e. The average Bonchev–Trinajstić information content (AvgIpc) is 3.26. The van der Waals surface area contributed by atoms with E-state index in [1.807, 2.05) is 41.9 Å². The van der Waals surface area contributed by atoms with Gasteiger partial charge in [0.25, 0.3) is 5.91 Å². The molecule has 4 aromatic rings. The predicted octanol–water partition coefficient (Wildman–Crippen LogP) is 5.98. The van der Waals surface area contributed by atoms with Gasteiger partial charge in [0.1, 0.15) is 5.75 Å². The molecule has 0 aliphatic rings. The molecule has 2 amide bonds. The van der Waals surface area contributed by atoms with Crippen LogP contribution < -0.4 is 15.4 Å². The zero-order valence-corrected chi connectivity index (χ0v) is 25.4. The highest BCUT2D eigenvalue weighted by atomic mass is 79.9. The Kier molecular flexibility index (Phi) is 10.4. The first-order chi connectivity index (χ1) is 19.7. The third kappa shape index (κ3) is 8.34. The summed E-state index contributed by atoms with van der Waals surface area (Å²) >= 11 is 3.67. The minimum Gasteiger partial charge on any atom is -0.410 e. The molecule has 0 unspecified atom stereocenters. The van der Waals surface area contributed by atoms with Crippen molar-refractivity contribution in [3.05, 3.63) is 64.9 Å². The van der Waals surface area contributed by atoms with Gasteiger partial charge in [-0.15, -0.1) is 0 Å². The molecule has 2 N–H and O–H groups in total. The van der Waals surface area contributed by atoms with E-state index in [2.05, 4.69) is 45.4 Å². The molecule has 3 aromatic heterocycles. The second kappa shape index (κ2) is 14.2. The van der Waals surface area contributed by atoms with E-state index in [0.717, 1.165) is 41.2 Å². The van der Waals surface area contributed by atoms with Crippen LogP contribution in [0.2, 0.25) is 0 Å². The van der Waals surface area contributed by atoms with Crippen molar-refractivity contribution >= 4 is 44.8 Å². The van der Waals surface area contributed by atoms with Gasteiger partial charge in [-0.05, 0) is 84.8 Å². The van der Waals surface area contributed by atoms with Crippen LogP contribution in [0.25, 0.3) is 22.3 Å². The Morgan fingerprint density at radius 1 is 1.12 bits per heavy atom. The summed E-state index contributed by atoms with van der Waals surface area (Å²) in [6.07, 6.45) is 5.80. The molecule has 0 aliphatic carbocycles. The second-order valence-electron chi connectivity index (χ2n) is 10.5. The number of benzene rings is 1. The van der Waals surface area contributed by atoms with Crippen LogP contribution in [0, 0.1) is 5.92 Å². The third-order valence-corrected chi connectivity index (χ3v) is 7.00. The number of nitrogens with one attached hydrogen (secondary N) is 2. The number of carbonyl (C=O) groups is 2. The van der Waals surface area contributed by atoms with Crippen molar-refractivity contribution in [1.29, 1.82) is 0 Å². The topological polar surface area (TPSA) is 114 Å². The van der Waals surface area contributed by atoms with Gasteiger partial charge in [0.15, 0.2) is 11.5 Å². The molecule has 0 aliphatic heterocycles. The first-order valence-corrected chi connectivity index (χ1v) is 14.5. The lowest BCUT2D eigenvalue weighted by atomic mass is 10.1. The average molecular weight is 623 g/mol. The predicted molar refractivity (Wildman–Crippen MR) is 164 cm³/mol. The SMILES string of the molecule is CC(C)CCCCn1nc(NC(=O)c2cccnc2)c2cc(Br)c(-c3ccc(OC(=O)NCCN(C)C)cc3)nc21. The van der Waals surface area contributed by atoms with Crippen molar-refractivity contribution in [2.75, 3.05) is 32.5 Å². The molecule has 3 heterocycles. The molecule has 0 radical (unpaired) electrons. The molecular formula is C30H36BrN7O3. The van der Waals surface area contributed by atoms with Crippen LogP contribution in [0.15, 0.2) is 59.3 Å². The standard InChI is InChI=1S/C30H36BrN7O3/c1-20(2)8-5-6-16-38-28-24(27(36-38)35-29(39)22-9-7-14-32-19-22)18-25(31)26(34-28)21-10-12-23(13-11-21)41-30(40)33-15-17-37(3)4/h7,9-14,18-20H,5-6,8,15-17H2,1-4H3,(H,33,40)(H,35,36,39). The lowest BCUT2D eigenvalue weighted by Gasteiger charge is -2.11. The van der Waals surface area contributed by atoms with E-state index in [1.165, 1.54) is 6.20 Å². The van der Waals surface area contributed by atoms with Gasteiger partial charge in [-0.2, -0.15) is 5.10 Å². The number of fused-ring (bicyclic) bond motifs is 1. The summed E-state index contributed by atoms with van der Waals surface area (Å²) in [6.45, 7) is 6.33. The Balaban J connectivity index is 1.58. The van der Waals surface area contributed by atoms with Gasteiger partial charge >= 0.3 is 6.09 Å². The number of halogens is 1. The van der Waals surface area contributed by atoms with Crippen LogP contribution >= 0.6 is 15.9 Å². The van der Waals surface area contributed by atoms with Crippen molar-refractivity contribution in [3.8, 4) is 17.0 Å². The fraction of sp³-hybridized carbons (Fsp3) is 0.367. The molecule has 0 saturated heterocycles. The summed E-state index contributed by atoms with van der Waals surface area (Å²) < 4.78 is 8.00. The molecule has 0 atom stereocenters. The number of ether oxygens (including phenoxy) is 1. The van der Waals surface area contributed by atoms with E-state index in [-0.39, 0.29) is 5.91 Å². The molecule has 0 saturated carbocycles. The number of hydrogen-bond donors (Lipinski definition) is 2. The van der Waals surface area contributed by atoms with E-state index < -0.39 is 6.09 Å². The number of hydrogen-bond acceptors (Lipinski definition) is 7. The van der Waals surface area contributed by atoms with E-state index in [1.54, 1.807) is 30.5 Å². The fourth-order valence-corrected chi connectivity index (χ4v) is 4.77. The first-order valence-electron chi connectivity index (χ1n) is 13.7. The Morgan fingerprint density at radius 2 is 1.90 bits per heavy atom. The summed E-state index contributed by atoms with van der Waals surface area (Å²) in [5.41, 5.74) is 2.68. The summed E-state index contributed by atoms with van der Waals surface area (Å²) in [7, 11) is 3.88. The van der Waals surface area contributed by atoms with Crippen molar-refractivity contribution in [2.45, 2.75) is 39.7 Å². The molecule has 11 heteroatoms. The molecule has 0 bridgehead atoms. The van der Waals surface area contributed by atoms with E-state index >= 15 is 0 Å². The largest absolute Gasteiger partial charge is 0.412 e. The van der Waals surface area contributed by atoms with Crippen LogP contribution in [0.4, 0.5) is 10.6 Å². The zero-order valence-electron chi connectivity index (χ0n) is 23.9. The van der Waals surface area contributed by atoms with Gasteiger partial charge in [0.05, 0.1) is 16.6 Å². The highest BCUT2D eigenvalue weighted by Gasteiger charge is 2.19. The van der Waals surface area contributed by atoms with Crippen LogP contribution in [-0.4, -0.2) is 63.8 Å². The molecule has 4 rings (SSSR count). The molecule has 216 valence electrons. The highest BCUT2D eigenvalue weighted by molar-refractivity contribution is 9.10. The van der Waals surface area contributed by atoms with Crippen LogP contribution in [0.3, 0.4) is 0 Å². The van der Waals surface area contributed by atoms with E-state index in [9.17, 15) is 9.59 Å². The number of rotatable bonds is 12. The summed E-state index contributed by atoms with van der Waals surface area (Å²) in [5, 5.41) is 11.1. The van der Waals surface area contributed by atoms with Crippen molar-refractivity contribution in [3.63, 3.8) is 0 Å². The monoisotopic (exact) mass is 621 g/mol. The Labute approximate surface area is 248 Å². The lowest BCUT2D eigenvalue weighted by Crippen LogP contribution is -2.33. The molecule has 0 fully saturated rings. The molecular weight excluding hydrogens is 586 g/mol. The molecule has 0 spiro atoms. The Hall–Kier alpha value is -3.83. The van der Waals surface area contributed by atoms with Crippen LogP contribution in [0.5, 0.6) is 5.75 Å². The number of aromatic nitrogens is 4. The number of carbonyl (C=O) groups excluding carboxylic acids is 2. The zero-order chi connectivity index (χ0) is 29.4. The van der Waals surface area contributed by atoms with Crippen molar-refractivity contribution < 1.29 is 14.3 Å². The quantitative estimate of drug-likeness (QED) is 0.187. The summed E-state index contributed by atoms with van der Waals surface area (Å²) in [6, 6.07) is 12.5. The second-order valence-corrected chi connectivity index (χ2v) is 11.3. The first kappa shape index (κ1) is 30.1. The lowest BCUT2D eigenvalue weighted by molar-refractivity contribution is 0.102. The van der Waals surface area contributed by atoms with Gasteiger partial charge < -0.3 is 20.3 Å². The molecule has 41 heavy (non-hydrogen) atoms. The molecule has 1 aromatic carbocycles. The summed E-state index contributed by atoms with van der Waals surface area (Å²) in [4.78, 5) is 36.0. The maximum atomic E-state index is 12.9. The van der Waals surface area contributed by atoms with Crippen molar-refractivity contribution in [2.24, 2.45) is 5.92 Å². The van der Waals surface area contributed by atoms with E-state index in [0.29, 0.717) is 47.5 Å². The Morgan fingerprint density at radius 3 is 2.59 bits per heavy atom. The van der Waals surface area contributed by atoms with Gasteiger partial charge in [0, 0.05) is 42.1 Å². The highest BCUT2D eigenvalue weighted by Crippen LogP contribution is 2.34. The third-order valence-electron chi connectivity index (χ3n) is 6.40. The molecule has 10 nitrogen and oxygen atoms in total. The van der Waals surface area contributed by atoms with Crippen molar-refractivity contribution in [1.82, 2.24) is 30.0 Å². The van der Waals surface area contributed by atoms with E-state index in [4.69, 9.17) is 14.8 Å². The normalized spacial score (nSPS) is 11.3. The van der Waals surface area contributed by atoms with Gasteiger partial charge in [-0.25, -0.2) is 14.5 Å². The number of nitrogens with zero attached hydrogens (tertiary/aromatic N) is 5. The maximum absolute atomic E-state index is 12.9. The van der Waals surface area contributed by atoms with Crippen LogP contribution in [0.1, 0.15) is 43.5 Å². The van der Waals surface area contributed by atoms with Gasteiger partial charge in [-0.1, -0.05) is 26.7 Å². The minimum atomic E-state index is -0.498. The number of anilines is 1. The summed E-state index contributed by atoms with van der Waals surface area (Å²) in [5.74, 6) is 1.23. The van der Waals surface area contributed by atoms with Gasteiger partial charge in [0.2, 0.25) is 0 Å². The number of pyridine rings is 2. The fourth-order valence-electron chi connectivity index (χ4n) is 4.22.